The fourth-order valence-electron chi connectivity index (χ4n) is 2.89. The Morgan fingerprint density at radius 2 is 2.04 bits per heavy atom. The highest BCUT2D eigenvalue weighted by molar-refractivity contribution is 5.62. The SMILES string of the molecule is COc1ccccc1-c1nnc(CNC(C)C2CCOCC2)o1. The predicted molar refractivity (Wildman–Crippen MR) is 86.1 cm³/mol. The van der Waals surface area contributed by atoms with Crippen LogP contribution >= 0.6 is 0 Å². The minimum absolute atomic E-state index is 0.403. The maximum atomic E-state index is 5.76. The van der Waals surface area contributed by atoms with Crippen molar-refractivity contribution in [2.45, 2.75) is 32.4 Å². The first-order chi connectivity index (χ1) is 11.3. The minimum atomic E-state index is 0.403. The number of hydrogen-bond donors (Lipinski definition) is 1. The first-order valence-electron chi connectivity index (χ1n) is 8.05. The highest BCUT2D eigenvalue weighted by atomic mass is 16.5. The summed E-state index contributed by atoms with van der Waals surface area (Å²) in [6.45, 7) is 4.48. The lowest BCUT2D eigenvalue weighted by Crippen LogP contribution is -2.36. The van der Waals surface area contributed by atoms with Gasteiger partial charge in [-0.15, -0.1) is 10.2 Å². The second-order valence-corrected chi connectivity index (χ2v) is 5.82. The van der Waals surface area contributed by atoms with Gasteiger partial charge < -0.3 is 19.2 Å². The normalized spacial score (nSPS) is 17.1. The topological polar surface area (TPSA) is 69.4 Å². The Hall–Kier alpha value is -1.92. The molecule has 0 spiro atoms. The monoisotopic (exact) mass is 317 g/mol. The largest absolute Gasteiger partial charge is 0.496 e. The Morgan fingerprint density at radius 1 is 1.26 bits per heavy atom. The van der Waals surface area contributed by atoms with Crippen LogP contribution < -0.4 is 10.1 Å². The van der Waals surface area contributed by atoms with Gasteiger partial charge in [0.05, 0.1) is 19.2 Å². The second kappa shape index (κ2) is 7.57. The van der Waals surface area contributed by atoms with Crippen molar-refractivity contribution >= 4 is 0 Å². The van der Waals surface area contributed by atoms with Gasteiger partial charge in [-0.3, -0.25) is 0 Å². The average Bonchev–Trinajstić information content (AvgIpc) is 3.09. The zero-order valence-electron chi connectivity index (χ0n) is 13.6. The van der Waals surface area contributed by atoms with Gasteiger partial charge in [0.25, 0.3) is 5.89 Å². The van der Waals surface area contributed by atoms with Gasteiger partial charge in [-0.05, 0) is 37.8 Å². The third-order valence-electron chi connectivity index (χ3n) is 4.35. The molecule has 1 atom stereocenters. The van der Waals surface area contributed by atoms with Crippen LogP contribution in [0, 0.1) is 5.92 Å². The van der Waals surface area contributed by atoms with Gasteiger partial charge in [-0.2, -0.15) is 0 Å². The summed E-state index contributed by atoms with van der Waals surface area (Å²) in [5.74, 6) is 2.44. The molecule has 0 bridgehead atoms. The van der Waals surface area contributed by atoms with Crippen molar-refractivity contribution in [3.8, 4) is 17.2 Å². The number of hydrogen-bond acceptors (Lipinski definition) is 6. The standard InChI is InChI=1S/C17H23N3O3/c1-12(13-7-9-22-10-8-13)18-11-16-19-20-17(23-16)14-5-3-4-6-15(14)21-2/h3-6,12-13,18H,7-11H2,1-2H3. The Labute approximate surface area is 136 Å². The van der Waals surface area contributed by atoms with Gasteiger partial charge in [0, 0.05) is 19.3 Å². The molecule has 1 N–H and O–H groups in total. The number of benzene rings is 1. The number of rotatable bonds is 6. The molecule has 1 saturated heterocycles. The molecule has 1 unspecified atom stereocenters. The van der Waals surface area contributed by atoms with Crippen molar-refractivity contribution in [2.24, 2.45) is 5.92 Å². The Bertz CT molecular complexity index is 623. The summed E-state index contributed by atoms with van der Waals surface area (Å²) >= 11 is 0. The van der Waals surface area contributed by atoms with Gasteiger partial charge in [0.2, 0.25) is 5.89 Å². The van der Waals surface area contributed by atoms with E-state index in [1.807, 2.05) is 24.3 Å². The number of ether oxygens (including phenoxy) is 2. The number of methoxy groups -OCH3 is 1. The molecule has 2 aromatic rings. The van der Waals surface area contributed by atoms with Crippen molar-refractivity contribution in [3.05, 3.63) is 30.2 Å². The minimum Gasteiger partial charge on any atom is -0.496 e. The predicted octanol–water partition coefficient (Wildman–Crippen LogP) is 2.65. The van der Waals surface area contributed by atoms with Crippen molar-refractivity contribution in [1.29, 1.82) is 0 Å². The molecule has 6 heteroatoms. The summed E-state index contributed by atoms with van der Waals surface area (Å²) in [6.07, 6.45) is 2.20. The third-order valence-corrected chi connectivity index (χ3v) is 4.35. The van der Waals surface area contributed by atoms with E-state index >= 15 is 0 Å². The molecule has 0 aliphatic carbocycles. The Balaban J connectivity index is 1.61. The molecule has 0 radical (unpaired) electrons. The Morgan fingerprint density at radius 3 is 2.83 bits per heavy atom. The van der Waals surface area contributed by atoms with E-state index in [0.717, 1.165) is 37.4 Å². The molecular formula is C17H23N3O3. The molecule has 1 aliphatic rings. The smallest absolute Gasteiger partial charge is 0.251 e. The number of aromatic nitrogens is 2. The van der Waals surface area contributed by atoms with E-state index in [4.69, 9.17) is 13.9 Å². The molecule has 1 fully saturated rings. The van der Waals surface area contributed by atoms with Crippen LogP contribution in [0.5, 0.6) is 5.75 Å². The summed E-state index contributed by atoms with van der Waals surface area (Å²) < 4.78 is 16.5. The maximum absolute atomic E-state index is 5.76. The zero-order valence-corrected chi connectivity index (χ0v) is 13.6. The number of nitrogens with zero attached hydrogens (tertiary/aromatic N) is 2. The summed E-state index contributed by atoms with van der Waals surface area (Å²) in [5.41, 5.74) is 0.811. The van der Waals surface area contributed by atoms with Crippen LogP contribution in [0.15, 0.2) is 28.7 Å². The van der Waals surface area contributed by atoms with Gasteiger partial charge >= 0.3 is 0 Å². The first kappa shape index (κ1) is 16.0. The maximum Gasteiger partial charge on any atom is 0.251 e. The van der Waals surface area contributed by atoms with E-state index in [1.165, 1.54) is 0 Å². The van der Waals surface area contributed by atoms with Gasteiger partial charge in [0.1, 0.15) is 5.75 Å². The molecule has 23 heavy (non-hydrogen) atoms. The highest BCUT2D eigenvalue weighted by Gasteiger charge is 2.21. The van der Waals surface area contributed by atoms with Crippen molar-refractivity contribution in [1.82, 2.24) is 15.5 Å². The van der Waals surface area contributed by atoms with Gasteiger partial charge in [-0.1, -0.05) is 12.1 Å². The summed E-state index contributed by atoms with van der Waals surface area (Å²) in [7, 11) is 1.63. The molecule has 1 aromatic heterocycles. The van der Waals surface area contributed by atoms with Gasteiger partial charge in [0.15, 0.2) is 0 Å². The molecule has 2 heterocycles. The van der Waals surface area contributed by atoms with Crippen molar-refractivity contribution in [3.63, 3.8) is 0 Å². The Kier molecular flexibility index (Phi) is 5.25. The molecule has 124 valence electrons. The van der Waals surface area contributed by atoms with Crippen molar-refractivity contribution < 1.29 is 13.9 Å². The first-order valence-corrected chi connectivity index (χ1v) is 8.05. The lowest BCUT2D eigenvalue weighted by atomic mass is 9.93. The second-order valence-electron chi connectivity index (χ2n) is 5.82. The molecule has 1 aliphatic heterocycles. The molecule has 0 saturated carbocycles. The fourth-order valence-corrected chi connectivity index (χ4v) is 2.89. The molecule has 0 amide bonds. The van der Waals surface area contributed by atoms with Crippen LogP contribution in [0.3, 0.4) is 0 Å². The van der Waals surface area contributed by atoms with E-state index in [-0.39, 0.29) is 0 Å². The van der Waals surface area contributed by atoms with E-state index in [0.29, 0.717) is 30.3 Å². The molecule has 6 nitrogen and oxygen atoms in total. The number of nitrogens with one attached hydrogen (secondary N) is 1. The third kappa shape index (κ3) is 3.89. The van der Waals surface area contributed by atoms with Crippen molar-refractivity contribution in [2.75, 3.05) is 20.3 Å². The lowest BCUT2D eigenvalue weighted by molar-refractivity contribution is 0.0555. The quantitative estimate of drug-likeness (QED) is 0.883. The van der Waals surface area contributed by atoms with Crippen LogP contribution in [0.2, 0.25) is 0 Å². The van der Waals surface area contributed by atoms with Crippen LogP contribution in [0.25, 0.3) is 11.5 Å². The van der Waals surface area contributed by atoms with E-state index in [2.05, 4.69) is 22.4 Å². The number of para-hydroxylation sites is 1. The lowest BCUT2D eigenvalue weighted by Gasteiger charge is -2.28. The van der Waals surface area contributed by atoms with Crippen LogP contribution in [0.1, 0.15) is 25.7 Å². The fraction of sp³-hybridized carbons (Fsp3) is 0.529. The highest BCUT2D eigenvalue weighted by Crippen LogP contribution is 2.28. The van der Waals surface area contributed by atoms with Crippen LogP contribution in [-0.4, -0.2) is 36.6 Å². The van der Waals surface area contributed by atoms with Crippen LogP contribution in [0.4, 0.5) is 0 Å². The zero-order chi connectivity index (χ0) is 16.1. The van der Waals surface area contributed by atoms with E-state index in [1.54, 1.807) is 7.11 Å². The average molecular weight is 317 g/mol. The summed E-state index contributed by atoms with van der Waals surface area (Å²) in [4.78, 5) is 0. The summed E-state index contributed by atoms with van der Waals surface area (Å²) in [5, 5.41) is 11.7. The van der Waals surface area contributed by atoms with E-state index in [9.17, 15) is 0 Å². The van der Waals surface area contributed by atoms with E-state index < -0.39 is 0 Å². The van der Waals surface area contributed by atoms with Gasteiger partial charge in [-0.25, -0.2) is 0 Å². The van der Waals surface area contributed by atoms with Crippen LogP contribution in [-0.2, 0) is 11.3 Å². The molecule has 1 aromatic carbocycles. The molecular weight excluding hydrogens is 294 g/mol. The molecule has 3 rings (SSSR count). The summed E-state index contributed by atoms with van der Waals surface area (Å²) in [6, 6.07) is 8.03.